The monoisotopic (exact) mass is 227 g/mol. The molecule has 1 aliphatic rings. The van der Waals surface area contributed by atoms with Crippen LogP contribution in [-0.4, -0.2) is 41.0 Å². The van der Waals surface area contributed by atoms with Crippen molar-refractivity contribution >= 4 is 5.78 Å². The molecule has 94 valence electrons. The summed E-state index contributed by atoms with van der Waals surface area (Å²) in [6.45, 7) is 8.29. The molecule has 16 heavy (non-hydrogen) atoms. The smallest absolute Gasteiger partial charge is 0.134 e. The Bertz CT molecular complexity index is 236. The van der Waals surface area contributed by atoms with Crippen LogP contribution in [0.2, 0.25) is 0 Å². The van der Waals surface area contributed by atoms with Crippen molar-refractivity contribution in [2.24, 2.45) is 5.92 Å². The molecule has 0 amide bonds. The third-order valence-electron chi connectivity index (χ3n) is 3.91. The molecule has 0 aromatic carbocycles. The molecule has 1 saturated heterocycles. The lowest BCUT2D eigenvalue weighted by Crippen LogP contribution is -2.47. The van der Waals surface area contributed by atoms with Crippen LogP contribution in [0, 0.1) is 5.92 Å². The van der Waals surface area contributed by atoms with Crippen LogP contribution < -0.4 is 0 Å². The molecular formula is C13H25NO2. The minimum Gasteiger partial charge on any atom is -0.389 e. The summed E-state index contributed by atoms with van der Waals surface area (Å²) < 4.78 is 0. The minimum atomic E-state index is -0.571. The van der Waals surface area contributed by atoms with Gasteiger partial charge in [0.2, 0.25) is 0 Å². The number of piperidine rings is 1. The number of β-amino-alcohol motifs (C(OH)–C–C–N with tert-alkyl or cyclic N) is 1. The Kier molecular flexibility index (Phi) is 4.93. The van der Waals surface area contributed by atoms with E-state index < -0.39 is 5.60 Å². The molecule has 1 unspecified atom stereocenters. The molecule has 0 aromatic heterocycles. The maximum Gasteiger partial charge on any atom is 0.134 e. The van der Waals surface area contributed by atoms with E-state index in [1.807, 2.05) is 13.8 Å². The number of rotatable bonds is 5. The van der Waals surface area contributed by atoms with Gasteiger partial charge < -0.3 is 5.11 Å². The van der Waals surface area contributed by atoms with Crippen LogP contribution in [0.3, 0.4) is 0 Å². The average Bonchev–Trinajstić information content (AvgIpc) is 2.29. The highest BCUT2D eigenvalue weighted by atomic mass is 16.3. The number of hydrogen-bond acceptors (Lipinski definition) is 3. The summed E-state index contributed by atoms with van der Waals surface area (Å²) in [4.78, 5) is 13.6. The summed E-state index contributed by atoms with van der Waals surface area (Å²) in [6.07, 6.45) is 3.66. The van der Waals surface area contributed by atoms with Crippen LogP contribution >= 0.6 is 0 Å². The molecule has 1 atom stereocenters. The van der Waals surface area contributed by atoms with E-state index in [2.05, 4.69) is 4.90 Å². The number of Topliss-reactive ketones (excluding diaryl/α,β-unsaturated/α-hetero) is 1. The summed E-state index contributed by atoms with van der Waals surface area (Å²) >= 11 is 0. The zero-order valence-electron chi connectivity index (χ0n) is 10.8. The quantitative estimate of drug-likeness (QED) is 0.779. The molecule has 3 nitrogen and oxygen atoms in total. The van der Waals surface area contributed by atoms with Gasteiger partial charge in [0.25, 0.3) is 0 Å². The zero-order valence-corrected chi connectivity index (χ0v) is 10.8. The summed E-state index contributed by atoms with van der Waals surface area (Å²) in [5.74, 6) is 0.480. The van der Waals surface area contributed by atoms with Crippen molar-refractivity contribution in [1.82, 2.24) is 4.90 Å². The molecule has 1 fully saturated rings. The van der Waals surface area contributed by atoms with Gasteiger partial charge in [0.05, 0.1) is 5.60 Å². The van der Waals surface area contributed by atoms with Gasteiger partial charge in [-0.3, -0.25) is 9.69 Å². The van der Waals surface area contributed by atoms with Crippen molar-refractivity contribution < 1.29 is 9.90 Å². The van der Waals surface area contributed by atoms with E-state index in [-0.39, 0.29) is 5.92 Å². The first kappa shape index (κ1) is 13.7. The molecule has 0 radical (unpaired) electrons. The number of hydrogen-bond donors (Lipinski definition) is 1. The van der Waals surface area contributed by atoms with Crippen molar-refractivity contribution in [3.8, 4) is 0 Å². The molecule has 1 N–H and O–H groups in total. The average molecular weight is 227 g/mol. The Hall–Kier alpha value is -0.410. The number of likely N-dealkylation sites (tertiary alicyclic amines) is 1. The number of aliphatic hydroxyl groups is 1. The predicted octanol–water partition coefficient (Wildman–Crippen LogP) is 1.84. The fourth-order valence-corrected chi connectivity index (χ4v) is 2.42. The van der Waals surface area contributed by atoms with Crippen molar-refractivity contribution in [2.45, 2.75) is 52.1 Å². The van der Waals surface area contributed by atoms with Crippen LogP contribution in [-0.2, 0) is 4.79 Å². The molecule has 1 aliphatic heterocycles. The molecule has 1 rings (SSSR count). The summed E-state index contributed by atoms with van der Waals surface area (Å²) in [7, 11) is 0. The molecule has 0 spiro atoms. The highest BCUT2D eigenvalue weighted by Gasteiger charge is 2.29. The largest absolute Gasteiger partial charge is 0.389 e. The van der Waals surface area contributed by atoms with Crippen molar-refractivity contribution in [3.05, 3.63) is 0 Å². The Morgan fingerprint density at radius 3 is 2.56 bits per heavy atom. The van der Waals surface area contributed by atoms with Crippen molar-refractivity contribution in [1.29, 1.82) is 0 Å². The maximum absolute atomic E-state index is 11.4. The first-order chi connectivity index (χ1) is 7.50. The van der Waals surface area contributed by atoms with Crippen molar-refractivity contribution in [2.75, 3.05) is 19.6 Å². The lowest BCUT2D eigenvalue weighted by molar-refractivity contribution is -0.123. The lowest BCUT2D eigenvalue weighted by Gasteiger charge is -2.37. The molecule has 1 heterocycles. The number of nitrogens with zero attached hydrogens (tertiary/aromatic N) is 1. The van der Waals surface area contributed by atoms with E-state index in [9.17, 15) is 9.90 Å². The van der Waals surface area contributed by atoms with Crippen LogP contribution in [0.4, 0.5) is 0 Å². The van der Waals surface area contributed by atoms with E-state index in [0.29, 0.717) is 12.3 Å². The number of carbonyl (C=O) groups is 1. The van der Waals surface area contributed by atoms with E-state index in [4.69, 9.17) is 0 Å². The summed E-state index contributed by atoms with van der Waals surface area (Å²) in [5, 5.41) is 10.3. The van der Waals surface area contributed by atoms with Gasteiger partial charge in [-0.05, 0) is 39.2 Å². The van der Waals surface area contributed by atoms with Gasteiger partial charge in [0, 0.05) is 19.0 Å². The Labute approximate surface area is 98.8 Å². The first-order valence-corrected chi connectivity index (χ1v) is 6.46. The number of ketones is 1. The second kappa shape index (κ2) is 5.78. The Morgan fingerprint density at radius 1 is 1.44 bits per heavy atom. The zero-order chi connectivity index (χ0) is 12.2. The fourth-order valence-electron chi connectivity index (χ4n) is 2.42. The molecule has 0 saturated carbocycles. The maximum atomic E-state index is 11.4. The normalized spacial score (nSPS) is 23.4. The van der Waals surface area contributed by atoms with E-state index in [1.54, 1.807) is 6.92 Å². The van der Waals surface area contributed by atoms with E-state index in [1.165, 1.54) is 0 Å². The third-order valence-corrected chi connectivity index (χ3v) is 3.91. The minimum absolute atomic E-state index is 0.187. The summed E-state index contributed by atoms with van der Waals surface area (Å²) in [6, 6.07) is 0. The Morgan fingerprint density at radius 2 is 2.06 bits per heavy atom. The highest BCUT2D eigenvalue weighted by molar-refractivity contribution is 5.78. The fraction of sp³-hybridized carbons (Fsp3) is 0.923. The molecular weight excluding hydrogens is 202 g/mol. The van der Waals surface area contributed by atoms with Crippen LogP contribution in [0.25, 0.3) is 0 Å². The van der Waals surface area contributed by atoms with Gasteiger partial charge in [0.15, 0.2) is 0 Å². The highest BCUT2D eigenvalue weighted by Crippen LogP contribution is 2.22. The van der Waals surface area contributed by atoms with Gasteiger partial charge in [-0.1, -0.05) is 13.8 Å². The van der Waals surface area contributed by atoms with Gasteiger partial charge in [-0.25, -0.2) is 0 Å². The second-order valence-corrected chi connectivity index (χ2v) is 5.12. The summed E-state index contributed by atoms with van der Waals surface area (Å²) in [5.41, 5.74) is -0.571. The van der Waals surface area contributed by atoms with E-state index >= 15 is 0 Å². The number of carbonyl (C=O) groups excluding carboxylic acids is 1. The first-order valence-electron chi connectivity index (χ1n) is 6.46. The van der Waals surface area contributed by atoms with Crippen LogP contribution in [0.5, 0.6) is 0 Å². The lowest BCUT2D eigenvalue weighted by atomic mass is 9.91. The second-order valence-electron chi connectivity index (χ2n) is 5.12. The SMILES string of the molecule is CCC(O)(CC)CN1CCCC(C(C)=O)C1. The van der Waals surface area contributed by atoms with Crippen LogP contribution in [0.15, 0.2) is 0 Å². The van der Waals surface area contributed by atoms with Crippen molar-refractivity contribution in [3.63, 3.8) is 0 Å². The molecule has 0 aliphatic carbocycles. The topological polar surface area (TPSA) is 40.5 Å². The molecule has 0 bridgehead atoms. The van der Waals surface area contributed by atoms with Crippen LogP contribution in [0.1, 0.15) is 46.5 Å². The third kappa shape index (κ3) is 3.56. The van der Waals surface area contributed by atoms with Gasteiger partial charge in [-0.15, -0.1) is 0 Å². The van der Waals surface area contributed by atoms with E-state index in [0.717, 1.165) is 38.8 Å². The van der Waals surface area contributed by atoms with Gasteiger partial charge in [0.1, 0.15) is 5.78 Å². The van der Waals surface area contributed by atoms with Gasteiger partial charge in [-0.2, -0.15) is 0 Å². The predicted molar refractivity (Wildman–Crippen MR) is 65.4 cm³/mol. The standard InChI is InChI=1S/C13H25NO2/c1-4-13(16,5-2)10-14-8-6-7-12(9-14)11(3)15/h12,16H,4-10H2,1-3H3. The molecule has 3 heteroatoms. The Balaban J connectivity index is 2.51. The molecule has 0 aromatic rings. The van der Waals surface area contributed by atoms with Gasteiger partial charge >= 0.3 is 0 Å².